The SMILES string of the molecule is COc1nc2ccc(C(O)(c3ccnc(CF)c3)C3CN(C(=O)OC(C)(C)C)C3)cc2c(Cl)c1CN1CCC(C(F)(F)F)CC1. The summed E-state index contributed by atoms with van der Waals surface area (Å²) in [4.78, 5) is 24.8. The van der Waals surface area contributed by atoms with Crippen molar-refractivity contribution in [3.05, 3.63) is 63.9 Å². The fraction of sp³-hybridized carbons (Fsp3) is 0.531. The van der Waals surface area contributed by atoms with Crippen LogP contribution in [0.15, 0.2) is 36.5 Å². The van der Waals surface area contributed by atoms with Gasteiger partial charge < -0.3 is 19.5 Å². The van der Waals surface area contributed by atoms with Gasteiger partial charge in [0.1, 0.15) is 17.9 Å². The molecule has 1 amide bonds. The molecular formula is C32H37ClF4N4O4. The van der Waals surface area contributed by atoms with Crippen molar-refractivity contribution in [1.29, 1.82) is 0 Å². The Labute approximate surface area is 264 Å². The molecule has 0 aliphatic carbocycles. The fourth-order valence-corrected chi connectivity index (χ4v) is 6.36. The monoisotopic (exact) mass is 652 g/mol. The number of nitrogens with zero attached hydrogens (tertiary/aromatic N) is 4. The van der Waals surface area contributed by atoms with Crippen LogP contribution in [-0.4, -0.2) is 76.0 Å². The third-order valence-electron chi connectivity index (χ3n) is 8.56. The first kappa shape index (κ1) is 33.2. The van der Waals surface area contributed by atoms with Crippen LogP contribution in [-0.2, 0) is 23.6 Å². The maximum atomic E-state index is 13.7. The molecule has 2 fully saturated rings. The van der Waals surface area contributed by atoms with Crippen molar-refractivity contribution in [3.8, 4) is 5.88 Å². The second-order valence-corrected chi connectivity index (χ2v) is 13.1. The number of pyridine rings is 2. The average molecular weight is 653 g/mol. The number of aliphatic hydroxyl groups is 1. The highest BCUT2D eigenvalue weighted by Gasteiger charge is 2.49. The molecule has 0 radical (unpaired) electrons. The molecule has 45 heavy (non-hydrogen) atoms. The molecule has 1 aromatic carbocycles. The highest BCUT2D eigenvalue weighted by atomic mass is 35.5. The number of aromatic nitrogens is 2. The molecule has 0 spiro atoms. The molecule has 0 bridgehead atoms. The van der Waals surface area contributed by atoms with Crippen molar-refractivity contribution < 1.29 is 36.9 Å². The molecule has 4 heterocycles. The van der Waals surface area contributed by atoms with Crippen molar-refractivity contribution in [2.75, 3.05) is 33.3 Å². The van der Waals surface area contributed by atoms with Gasteiger partial charge in [-0.3, -0.25) is 9.88 Å². The first-order valence-electron chi connectivity index (χ1n) is 14.8. The molecule has 244 valence electrons. The molecule has 2 aliphatic rings. The van der Waals surface area contributed by atoms with E-state index >= 15 is 0 Å². The van der Waals surface area contributed by atoms with Gasteiger partial charge in [-0.1, -0.05) is 17.7 Å². The van der Waals surface area contributed by atoms with Crippen molar-refractivity contribution in [1.82, 2.24) is 19.8 Å². The molecule has 13 heteroatoms. The summed E-state index contributed by atoms with van der Waals surface area (Å²) in [6.45, 7) is 5.59. The molecule has 2 saturated heterocycles. The Balaban J connectivity index is 1.50. The van der Waals surface area contributed by atoms with E-state index in [0.717, 1.165) is 0 Å². The molecule has 0 saturated carbocycles. The predicted octanol–water partition coefficient (Wildman–Crippen LogP) is 6.64. The van der Waals surface area contributed by atoms with Crippen LogP contribution < -0.4 is 4.74 Å². The number of halogens is 5. The zero-order valence-electron chi connectivity index (χ0n) is 25.6. The van der Waals surface area contributed by atoms with E-state index in [1.54, 1.807) is 45.0 Å². The summed E-state index contributed by atoms with van der Waals surface area (Å²) < 4.78 is 64.4. The topological polar surface area (TPSA) is 88.0 Å². The van der Waals surface area contributed by atoms with Crippen molar-refractivity contribution in [3.63, 3.8) is 0 Å². The molecular weight excluding hydrogens is 616 g/mol. The Kier molecular flexibility index (Phi) is 9.23. The van der Waals surface area contributed by atoms with Gasteiger partial charge in [-0.15, -0.1) is 0 Å². The number of hydrogen-bond acceptors (Lipinski definition) is 7. The Hall–Kier alpha value is -3.22. The summed E-state index contributed by atoms with van der Waals surface area (Å²) in [6, 6.07) is 8.24. The number of ether oxygens (including phenoxy) is 2. The zero-order chi connectivity index (χ0) is 32.7. The number of alkyl halides is 4. The minimum Gasteiger partial charge on any atom is -0.481 e. The summed E-state index contributed by atoms with van der Waals surface area (Å²) >= 11 is 6.98. The molecule has 2 aromatic heterocycles. The standard InChI is InChI=1S/C32H37ClF4N4O4/c1-30(2,3)45-29(42)41-16-22(17-41)31(43,21-7-10-38-23(13-21)15-34)20-5-6-26-24(14-20)27(33)25(28(39-26)44-4)18-40-11-8-19(9-12-40)32(35,36)37/h5-7,10,13-14,19,22,43H,8-9,11-12,15-18H2,1-4H3. The number of piperidine rings is 1. The predicted molar refractivity (Wildman–Crippen MR) is 161 cm³/mol. The van der Waals surface area contributed by atoms with Gasteiger partial charge in [-0.2, -0.15) is 13.2 Å². The largest absolute Gasteiger partial charge is 0.481 e. The lowest BCUT2D eigenvalue weighted by Crippen LogP contribution is -2.59. The van der Waals surface area contributed by atoms with Crippen molar-refractivity contribution in [2.24, 2.45) is 11.8 Å². The highest BCUT2D eigenvalue weighted by Crippen LogP contribution is 2.44. The van der Waals surface area contributed by atoms with Crippen LogP contribution in [0, 0.1) is 11.8 Å². The lowest BCUT2D eigenvalue weighted by atomic mass is 9.72. The van der Waals surface area contributed by atoms with Crippen LogP contribution in [0.1, 0.15) is 56.0 Å². The number of benzene rings is 1. The number of carbonyl (C=O) groups is 1. The summed E-state index contributed by atoms with van der Waals surface area (Å²) in [5.74, 6) is -1.54. The van der Waals surface area contributed by atoms with E-state index in [1.807, 2.05) is 4.90 Å². The van der Waals surface area contributed by atoms with Gasteiger partial charge in [0.05, 0.1) is 29.3 Å². The molecule has 3 aromatic rings. The number of amides is 1. The quantitative estimate of drug-likeness (QED) is 0.287. The number of likely N-dealkylation sites (tertiary alicyclic amines) is 2. The lowest BCUT2D eigenvalue weighted by molar-refractivity contribution is -0.185. The van der Waals surface area contributed by atoms with Crippen LogP contribution in [0.2, 0.25) is 5.02 Å². The smallest absolute Gasteiger partial charge is 0.410 e. The van der Waals surface area contributed by atoms with E-state index < -0.39 is 42.0 Å². The van der Waals surface area contributed by atoms with Crippen LogP contribution in [0.4, 0.5) is 22.4 Å². The normalized spacial score (nSPS) is 18.5. The second-order valence-electron chi connectivity index (χ2n) is 12.8. The number of fused-ring (bicyclic) bond motifs is 1. The Morgan fingerprint density at radius 2 is 1.73 bits per heavy atom. The molecule has 1 atom stereocenters. The molecule has 2 aliphatic heterocycles. The van der Waals surface area contributed by atoms with Gasteiger partial charge in [0, 0.05) is 42.7 Å². The van der Waals surface area contributed by atoms with Crippen LogP contribution in [0.3, 0.4) is 0 Å². The summed E-state index contributed by atoms with van der Waals surface area (Å²) in [6.07, 6.45) is -3.29. The fourth-order valence-electron chi connectivity index (χ4n) is 6.07. The number of rotatable bonds is 7. The summed E-state index contributed by atoms with van der Waals surface area (Å²) in [7, 11) is 1.45. The zero-order valence-corrected chi connectivity index (χ0v) is 26.4. The van der Waals surface area contributed by atoms with Crippen LogP contribution in [0.25, 0.3) is 10.9 Å². The third kappa shape index (κ3) is 6.83. The van der Waals surface area contributed by atoms with Crippen molar-refractivity contribution in [2.45, 2.75) is 64.2 Å². The average Bonchev–Trinajstić information content (AvgIpc) is 2.96. The number of carbonyl (C=O) groups excluding carboxylic acids is 1. The van der Waals surface area contributed by atoms with Gasteiger partial charge in [0.2, 0.25) is 5.88 Å². The van der Waals surface area contributed by atoms with Gasteiger partial charge >= 0.3 is 12.3 Å². The number of hydrogen-bond donors (Lipinski definition) is 1. The summed E-state index contributed by atoms with van der Waals surface area (Å²) in [5, 5.41) is 13.3. The van der Waals surface area contributed by atoms with Gasteiger partial charge in [0.25, 0.3) is 0 Å². The highest BCUT2D eigenvalue weighted by molar-refractivity contribution is 6.36. The Morgan fingerprint density at radius 1 is 1.07 bits per heavy atom. The van der Waals surface area contributed by atoms with Crippen LogP contribution in [0.5, 0.6) is 5.88 Å². The van der Waals surface area contributed by atoms with E-state index in [9.17, 15) is 27.5 Å². The van der Waals surface area contributed by atoms with E-state index in [2.05, 4.69) is 9.97 Å². The maximum absolute atomic E-state index is 13.7. The maximum Gasteiger partial charge on any atom is 0.410 e. The first-order valence-corrected chi connectivity index (χ1v) is 15.2. The molecule has 1 unspecified atom stereocenters. The van der Waals surface area contributed by atoms with E-state index in [-0.39, 0.29) is 57.1 Å². The van der Waals surface area contributed by atoms with E-state index in [1.165, 1.54) is 24.3 Å². The molecule has 5 rings (SSSR count). The summed E-state index contributed by atoms with van der Waals surface area (Å²) in [5.41, 5.74) is -0.325. The van der Waals surface area contributed by atoms with E-state index in [0.29, 0.717) is 32.6 Å². The van der Waals surface area contributed by atoms with Crippen molar-refractivity contribution >= 4 is 28.6 Å². The second kappa shape index (κ2) is 12.5. The van der Waals surface area contributed by atoms with E-state index in [4.69, 9.17) is 21.1 Å². The van der Waals surface area contributed by atoms with Gasteiger partial charge in [0.15, 0.2) is 0 Å². The molecule has 8 nitrogen and oxygen atoms in total. The minimum atomic E-state index is -4.22. The third-order valence-corrected chi connectivity index (χ3v) is 8.99. The first-order chi connectivity index (χ1) is 21.1. The Morgan fingerprint density at radius 3 is 2.33 bits per heavy atom. The lowest BCUT2D eigenvalue weighted by Gasteiger charge is -2.48. The minimum absolute atomic E-state index is 0.00384. The van der Waals surface area contributed by atoms with Gasteiger partial charge in [-0.05, 0) is 82.1 Å². The Bertz CT molecular complexity index is 1550. The molecule has 1 N–H and O–H groups in total. The van der Waals surface area contributed by atoms with Gasteiger partial charge in [-0.25, -0.2) is 14.2 Å². The number of methoxy groups -OCH3 is 1. The van der Waals surface area contributed by atoms with Crippen LogP contribution >= 0.6 is 11.6 Å².